The van der Waals surface area contributed by atoms with Crippen LogP contribution in [0.4, 0.5) is 4.39 Å². The second kappa shape index (κ2) is 3.20. The Morgan fingerprint density at radius 2 is 2.07 bits per heavy atom. The molecule has 1 aromatic heterocycles. The molecule has 1 amide bonds. The molecule has 2 aromatic rings. The van der Waals surface area contributed by atoms with Gasteiger partial charge in [-0.05, 0) is 18.2 Å². The molecular weight excluding hydrogens is 201 g/mol. The van der Waals surface area contributed by atoms with E-state index in [1.165, 1.54) is 6.07 Å². The highest BCUT2D eigenvalue weighted by Crippen LogP contribution is 2.17. The summed E-state index contributed by atoms with van der Waals surface area (Å²) in [7, 11) is 0. The van der Waals surface area contributed by atoms with E-state index < -0.39 is 17.3 Å². The third-order valence-corrected chi connectivity index (χ3v) is 1.97. The predicted molar refractivity (Wildman–Crippen MR) is 51.0 cm³/mol. The lowest BCUT2D eigenvalue weighted by Gasteiger charge is -2.00. The Hall–Kier alpha value is -2.17. The van der Waals surface area contributed by atoms with E-state index in [9.17, 15) is 14.0 Å². The molecule has 76 valence electrons. The minimum Gasteiger partial charge on any atom is -0.423 e. The number of carbonyl (C=O) groups is 1. The molecule has 0 atom stereocenters. The van der Waals surface area contributed by atoms with Crippen molar-refractivity contribution in [1.29, 1.82) is 0 Å². The average molecular weight is 207 g/mol. The van der Waals surface area contributed by atoms with E-state index in [4.69, 9.17) is 10.2 Å². The van der Waals surface area contributed by atoms with Gasteiger partial charge >= 0.3 is 5.63 Å². The quantitative estimate of drug-likeness (QED) is 0.709. The Balaban J connectivity index is 2.94. The summed E-state index contributed by atoms with van der Waals surface area (Å²) in [5.41, 5.74) is 4.46. The summed E-state index contributed by atoms with van der Waals surface area (Å²) in [6, 6.07) is 4.46. The number of hydrogen-bond acceptors (Lipinski definition) is 3. The van der Waals surface area contributed by atoms with Gasteiger partial charge in [0.1, 0.15) is 11.4 Å². The minimum atomic E-state index is -0.793. The van der Waals surface area contributed by atoms with E-state index in [2.05, 4.69) is 0 Å². The van der Waals surface area contributed by atoms with Gasteiger partial charge < -0.3 is 10.2 Å². The Bertz CT molecular complexity index is 603. The highest BCUT2D eigenvalue weighted by atomic mass is 19.1. The molecule has 4 nitrogen and oxygen atoms in total. The second-order valence-electron chi connectivity index (χ2n) is 2.98. The van der Waals surface area contributed by atoms with Crippen molar-refractivity contribution in [3.8, 4) is 0 Å². The molecule has 0 fully saturated rings. The fourth-order valence-corrected chi connectivity index (χ4v) is 1.34. The third-order valence-electron chi connectivity index (χ3n) is 1.97. The highest BCUT2D eigenvalue weighted by molar-refractivity contribution is 6.04. The Morgan fingerprint density at radius 3 is 2.73 bits per heavy atom. The van der Waals surface area contributed by atoms with Crippen LogP contribution in [0.25, 0.3) is 11.0 Å². The van der Waals surface area contributed by atoms with Crippen LogP contribution < -0.4 is 11.4 Å². The van der Waals surface area contributed by atoms with Crippen LogP contribution in [0.5, 0.6) is 0 Å². The Kier molecular flexibility index (Phi) is 2.00. The van der Waals surface area contributed by atoms with Crippen LogP contribution in [0.1, 0.15) is 10.4 Å². The van der Waals surface area contributed by atoms with Crippen molar-refractivity contribution in [3.63, 3.8) is 0 Å². The predicted octanol–water partition coefficient (Wildman–Crippen LogP) is 1.03. The van der Waals surface area contributed by atoms with E-state index >= 15 is 0 Å². The van der Waals surface area contributed by atoms with Crippen LogP contribution in [0.15, 0.2) is 33.5 Å². The fourth-order valence-electron chi connectivity index (χ4n) is 1.34. The van der Waals surface area contributed by atoms with Gasteiger partial charge in [-0.1, -0.05) is 0 Å². The zero-order valence-corrected chi connectivity index (χ0v) is 7.49. The maximum atomic E-state index is 12.9. The van der Waals surface area contributed by atoms with E-state index in [0.29, 0.717) is 0 Å². The normalized spacial score (nSPS) is 10.5. The lowest BCUT2D eigenvalue weighted by molar-refractivity contribution is 0.100. The first-order valence-corrected chi connectivity index (χ1v) is 4.11. The van der Waals surface area contributed by atoms with Gasteiger partial charge in [-0.3, -0.25) is 4.79 Å². The maximum Gasteiger partial charge on any atom is 0.337 e. The molecule has 0 saturated heterocycles. The lowest BCUT2D eigenvalue weighted by atomic mass is 10.1. The standard InChI is InChI=1S/C10H6FNO3/c11-5-1-2-8-6(3-5)7(10(12)14)4-9(13)15-8/h1-4H,(H2,12,14). The second-order valence-corrected chi connectivity index (χ2v) is 2.98. The Morgan fingerprint density at radius 1 is 1.33 bits per heavy atom. The summed E-state index contributed by atoms with van der Waals surface area (Å²) in [6.45, 7) is 0. The number of nitrogens with two attached hydrogens (primary N) is 1. The van der Waals surface area contributed by atoms with Crippen LogP contribution in [0.3, 0.4) is 0 Å². The molecule has 0 radical (unpaired) electrons. The summed E-state index contributed by atoms with van der Waals surface area (Å²) in [4.78, 5) is 22.0. The van der Waals surface area contributed by atoms with Crippen molar-refractivity contribution in [1.82, 2.24) is 0 Å². The van der Waals surface area contributed by atoms with Crippen molar-refractivity contribution >= 4 is 16.9 Å². The van der Waals surface area contributed by atoms with Crippen molar-refractivity contribution < 1.29 is 13.6 Å². The van der Waals surface area contributed by atoms with Crippen LogP contribution in [0, 0.1) is 5.82 Å². The summed E-state index contributed by atoms with van der Waals surface area (Å²) in [5, 5.41) is 0.196. The van der Waals surface area contributed by atoms with Crippen molar-refractivity contribution in [2.24, 2.45) is 5.73 Å². The van der Waals surface area contributed by atoms with Gasteiger partial charge in [0, 0.05) is 11.5 Å². The molecule has 0 bridgehead atoms. The van der Waals surface area contributed by atoms with Gasteiger partial charge in [-0.25, -0.2) is 9.18 Å². The molecule has 1 aromatic carbocycles. The molecule has 5 heteroatoms. The van der Waals surface area contributed by atoms with E-state index in [1.54, 1.807) is 0 Å². The number of fused-ring (bicyclic) bond motifs is 1. The number of primary amides is 1. The first-order chi connectivity index (χ1) is 7.08. The van der Waals surface area contributed by atoms with E-state index in [0.717, 1.165) is 18.2 Å². The molecule has 2 rings (SSSR count). The summed E-state index contributed by atoms with van der Waals surface area (Å²) in [6.07, 6.45) is 0. The molecule has 0 aliphatic carbocycles. The number of benzene rings is 1. The molecule has 15 heavy (non-hydrogen) atoms. The van der Waals surface area contributed by atoms with E-state index in [1.807, 2.05) is 0 Å². The number of hydrogen-bond donors (Lipinski definition) is 1. The largest absolute Gasteiger partial charge is 0.423 e. The average Bonchev–Trinajstić information content (AvgIpc) is 2.17. The zero-order chi connectivity index (χ0) is 11.0. The smallest absolute Gasteiger partial charge is 0.337 e. The van der Waals surface area contributed by atoms with Crippen molar-refractivity contribution in [3.05, 3.63) is 46.1 Å². The van der Waals surface area contributed by atoms with Gasteiger partial charge in [0.2, 0.25) is 5.91 Å². The molecule has 2 N–H and O–H groups in total. The van der Waals surface area contributed by atoms with Gasteiger partial charge in [-0.2, -0.15) is 0 Å². The third kappa shape index (κ3) is 1.59. The molecule has 0 aliphatic rings. The minimum absolute atomic E-state index is 0.0410. The number of halogens is 1. The number of carbonyl (C=O) groups excluding carboxylic acids is 1. The molecule has 0 spiro atoms. The monoisotopic (exact) mass is 207 g/mol. The summed E-state index contributed by atoms with van der Waals surface area (Å²) < 4.78 is 17.7. The molecule has 0 aliphatic heterocycles. The van der Waals surface area contributed by atoms with Gasteiger partial charge in [-0.15, -0.1) is 0 Å². The van der Waals surface area contributed by atoms with Gasteiger partial charge in [0.25, 0.3) is 0 Å². The molecule has 0 unspecified atom stereocenters. The molecule has 1 heterocycles. The lowest BCUT2D eigenvalue weighted by Crippen LogP contribution is -2.14. The molecule has 0 saturated carbocycles. The number of amides is 1. The van der Waals surface area contributed by atoms with Crippen LogP contribution >= 0.6 is 0 Å². The summed E-state index contributed by atoms with van der Waals surface area (Å²) >= 11 is 0. The van der Waals surface area contributed by atoms with Gasteiger partial charge in [0.15, 0.2) is 0 Å². The SMILES string of the molecule is NC(=O)c1cc(=O)oc2ccc(F)cc12. The van der Waals surface area contributed by atoms with Crippen LogP contribution in [-0.2, 0) is 0 Å². The van der Waals surface area contributed by atoms with Crippen molar-refractivity contribution in [2.75, 3.05) is 0 Å². The fraction of sp³-hybridized carbons (Fsp3) is 0. The highest BCUT2D eigenvalue weighted by Gasteiger charge is 2.10. The first-order valence-electron chi connectivity index (χ1n) is 4.11. The number of rotatable bonds is 1. The first kappa shape index (κ1) is 9.39. The van der Waals surface area contributed by atoms with Crippen LogP contribution in [0.2, 0.25) is 0 Å². The summed E-state index contributed by atoms with van der Waals surface area (Å²) in [5.74, 6) is -1.32. The van der Waals surface area contributed by atoms with Gasteiger partial charge in [0.05, 0.1) is 5.56 Å². The van der Waals surface area contributed by atoms with Crippen LogP contribution in [-0.4, -0.2) is 5.91 Å². The maximum absolute atomic E-state index is 12.9. The van der Waals surface area contributed by atoms with Crippen molar-refractivity contribution in [2.45, 2.75) is 0 Å². The Labute approximate surface area is 83.1 Å². The molecular formula is C10H6FNO3. The topological polar surface area (TPSA) is 73.3 Å². The van der Waals surface area contributed by atoms with E-state index in [-0.39, 0.29) is 16.5 Å². The zero-order valence-electron chi connectivity index (χ0n) is 7.49.